The zero-order valence-electron chi connectivity index (χ0n) is 13.1. The monoisotopic (exact) mass is 331 g/mol. The first-order valence-corrected chi connectivity index (χ1v) is 7.76. The smallest absolute Gasteiger partial charge is 0.125 e. The van der Waals surface area contributed by atoms with Crippen molar-refractivity contribution < 1.29 is 9.50 Å². The van der Waals surface area contributed by atoms with E-state index in [-0.39, 0.29) is 5.75 Å². The summed E-state index contributed by atoms with van der Waals surface area (Å²) in [6.45, 7) is 0. The molecule has 2 aromatic carbocycles. The Labute approximate surface area is 143 Å². The highest BCUT2D eigenvalue weighted by Gasteiger charge is 2.11. The standard InChI is InChI=1S/C20H14FN3O/c21-16-7-8-20(25)17(10-16)19-11-18(23-24-19)14-5-3-13(4-6-14)15-2-1-9-22-12-15/h1-12,25H,(H,23,24). The molecule has 0 amide bonds. The predicted octanol–water partition coefficient (Wildman–Crippen LogP) is 4.65. The van der Waals surface area contributed by atoms with Crippen molar-refractivity contribution in [3.8, 4) is 39.4 Å². The first-order chi connectivity index (χ1) is 12.2. The summed E-state index contributed by atoms with van der Waals surface area (Å²) in [7, 11) is 0. The fourth-order valence-corrected chi connectivity index (χ4v) is 2.70. The van der Waals surface area contributed by atoms with E-state index in [1.165, 1.54) is 18.2 Å². The lowest BCUT2D eigenvalue weighted by Crippen LogP contribution is -1.81. The summed E-state index contributed by atoms with van der Waals surface area (Å²) in [5.41, 5.74) is 4.69. The van der Waals surface area contributed by atoms with Crippen LogP contribution in [0.1, 0.15) is 0 Å². The van der Waals surface area contributed by atoms with Crippen LogP contribution in [-0.4, -0.2) is 20.3 Å². The highest BCUT2D eigenvalue weighted by atomic mass is 19.1. The molecule has 122 valence electrons. The minimum absolute atomic E-state index is 0.00799. The molecule has 0 saturated carbocycles. The van der Waals surface area contributed by atoms with Crippen molar-refractivity contribution in [3.63, 3.8) is 0 Å². The molecule has 0 aliphatic carbocycles. The molecule has 0 spiro atoms. The molecule has 0 aliphatic heterocycles. The van der Waals surface area contributed by atoms with E-state index >= 15 is 0 Å². The van der Waals surface area contributed by atoms with Crippen molar-refractivity contribution in [2.75, 3.05) is 0 Å². The van der Waals surface area contributed by atoms with E-state index in [0.717, 1.165) is 22.4 Å². The number of halogens is 1. The largest absolute Gasteiger partial charge is 0.507 e. The van der Waals surface area contributed by atoms with E-state index in [1.54, 1.807) is 12.3 Å². The summed E-state index contributed by atoms with van der Waals surface area (Å²) in [6.07, 6.45) is 3.56. The Morgan fingerprint density at radius 3 is 2.44 bits per heavy atom. The van der Waals surface area contributed by atoms with Crippen LogP contribution in [0.15, 0.2) is 73.1 Å². The molecule has 5 heteroatoms. The van der Waals surface area contributed by atoms with Gasteiger partial charge in [-0.25, -0.2) is 4.39 Å². The van der Waals surface area contributed by atoms with Gasteiger partial charge in [-0.1, -0.05) is 30.3 Å². The molecular weight excluding hydrogens is 317 g/mol. The Morgan fingerprint density at radius 1 is 0.880 bits per heavy atom. The highest BCUT2D eigenvalue weighted by Crippen LogP contribution is 2.31. The predicted molar refractivity (Wildman–Crippen MR) is 94.3 cm³/mol. The summed E-state index contributed by atoms with van der Waals surface area (Å²) in [6, 6.07) is 17.5. The summed E-state index contributed by atoms with van der Waals surface area (Å²) in [4.78, 5) is 4.12. The second kappa shape index (κ2) is 6.20. The number of aromatic nitrogens is 3. The Bertz CT molecular complexity index is 1010. The Kier molecular flexibility index (Phi) is 3.74. The molecule has 4 aromatic rings. The van der Waals surface area contributed by atoms with Gasteiger partial charge < -0.3 is 5.11 Å². The van der Waals surface area contributed by atoms with Crippen molar-refractivity contribution >= 4 is 0 Å². The van der Waals surface area contributed by atoms with Crippen LogP contribution in [0, 0.1) is 5.82 Å². The molecule has 0 fully saturated rings. The van der Waals surface area contributed by atoms with Gasteiger partial charge >= 0.3 is 0 Å². The number of aromatic amines is 1. The number of pyridine rings is 1. The molecule has 0 aliphatic rings. The molecule has 2 heterocycles. The number of aromatic hydroxyl groups is 1. The van der Waals surface area contributed by atoms with Gasteiger partial charge in [-0.15, -0.1) is 0 Å². The van der Waals surface area contributed by atoms with Gasteiger partial charge in [0.25, 0.3) is 0 Å². The second-order valence-corrected chi connectivity index (χ2v) is 5.65. The highest BCUT2D eigenvalue weighted by molar-refractivity contribution is 5.73. The quantitative estimate of drug-likeness (QED) is 0.574. The summed E-state index contributed by atoms with van der Waals surface area (Å²) in [5, 5.41) is 17.0. The average molecular weight is 331 g/mol. The molecule has 4 rings (SSSR count). The molecule has 2 N–H and O–H groups in total. The van der Waals surface area contributed by atoms with Crippen LogP contribution in [0.4, 0.5) is 4.39 Å². The molecule has 25 heavy (non-hydrogen) atoms. The van der Waals surface area contributed by atoms with Crippen LogP contribution >= 0.6 is 0 Å². The van der Waals surface area contributed by atoms with E-state index in [1.807, 2.05) is 42.6 Å². The molecule has 0 bridgehead atoms. The third kappa shape index (κ3) is 2.99. The number of H-pyrrole nitrogens is 1. The number of rotatable bonds is 3. The average Bonchev–Trinajstić information content (AvgIpc) is 3.14. The minimum Gasteiger partial charge on any atom is -0.507 e. The van der Waals surface area contributed by atoms with E-state index < -0.39 is 5.82 Å². The summed E-state index contributed by atoms with van der Waals surface area (Å²) in [5.74, 6) is -0.426. The number of hydrogen-bond donors (Lipinski definition) is 2. The molecule has 4 nitrogen and oxygen atoms in total. The van der Waals surface area contributed by atoms with Crippen molar-refractivity contribution in [3.05, 3.63) is 78.9 Å². The van der Waals surface area contributed by atoms with Crippen LogP contribution in [-0.2, 0) is 0 Å². The van der Waals surface area contributed by atoms with Gasteiger partial charge in [-0.3, -0.25) is 10.1 Å². The molecule has 0 atom stereocenters. The maximum absolute atomic E-state index is 13.4. The van der Waals surface area contributed by atoms with Crippen molar-refractivity contribution in [1.29, 1.82) is 0 Å². The number of phenols is 1. The van der Waals surface area contributed by atoms with Gasteiger partial charge in [0.1, 0.15) is 11.6 Å². The van der Waals surface area contributed by atoms with Crippen LogP contribution in [0.5, 0.6) is 5.75 Å². The number of hydrogen-bond acceptors (Lipinski definition) is 3. The van der Waals surface area contributed by atoms with E-state index in [9.17, 15) is 9.50 Å². The normalized spacial score (nSPS) is 10.8. The number of benzene rings is 2. The van der Waals surface area contributed by atoms with Crippen LogP contribution in [0.3, 0.4) is 0 Å². The van der Waals surface area contributed by atoms with Gasteiger partial charge in [-0.2, -0.15) is 5.10 Å². The first-order valence-electron chi connectivity index (χ1n) is 7.76. The van der Waals surface area contributed by atoms with E-state index in [2.05, 4.69) is 15.2 Å². The fourth-order valence-electron chi connectivity index (χ4n) is 2.70. The Balaban J connectivity index is 1.65. The van der Waals surface area contributed by atoms with Crippen LogP contribution in [0.2, 0.25) is 0 Å². The van der Waals surface area contributed by atoms with Gasteiger partial charge in [0.05, 0.1) is 11.4 Å². The number of phenolic OH excluding ortho intramolecular Hbond substituents is 1. The van der Waals surface area contributed by atoms with Gasteiger partial charge in [0.15, 0.2) is 0 Å². The maximum Gasteiger partial charge on any atom is 0.125 e. The summed E-state index contributed by atoms with van der Waals surface area (Å²) < 4.78 is 13.4. The van der Waals surface area contributed by atoms with Crippen LogP contribution in [0.25, 0.3) is 33.6 Å². The zero-order chi connectivity index (χ0) is 17.2. The lowest BCUT2D eigenvalue weighted by atomic mass is 10.0. The second-order valence-electron chi connectivity index (χ2n) is 5.65. The molecule has 2 aromatic heterocycles. The van der Waals surface area contributed by atoms with E-state index in [0.29, 0.717) is 11.3 Å². The third-order valence-electron chi connectivity index (χ3n) is 4.00. The molecule has 0 radical (unpaired) electrons. The third-order valence-corrected chi connectivity index (χ3v) is 4.00. The molecule has 0 unspecified atom stereocenters. The first kappa shape index (κ1) is 15.1. The van der Waals surface area contributed by atoms with Crippen molar-refractivity contribution in [1.82, 2.24) is 15.2 Å². The van der Waals surface area contributed by atoms with Crippen LogP contribution < -0.4 is 0 Å². The SMILES string of the molecule is Oc1ccc(F)cc1-c1cc(-c2ccc(-c3cccnc3)cc2)[nH]n1. The fraction of sp³-hybridized carbons (Fsp3) is 0. The topological polar surface area (TPSA) is 61.8 Å². The zero-order valence-corrected chi connectivity index (χ0v) is 13.1. The lowest BCUT2D eigenvalue weighted by Gasteiger charge is -2.02. The Morgan fingerprint density at radius 2 is 1.68 bits per heavy atom. The van der Waals surface area contributed by atoms with Crippen molar-refractivity contribution in [2.45, 2.75) is 0 Å². The lowest BCUT2D eigenvalue weighted by molar-refractivity contribution is 0.475. The van der Waals surface area contributed by atoms with Gasteiger partial charge in [0, 0.05) is 18.0 Å². The van der Waals surface area contributed by atoms with Gasteiger partial charge in [-0.05, 0) is 47.0 Å². The van der Waals surface area contributed by atoms with Gasteiger partial charge in [0.2, 0.25) is 0 Å². The summed E-state index contributed by atoms with van der Waals surface area (Å²) >= 11 is 0. The molecule has 0 saturated heterocycles. The minimum atomic E-state index is -0.418. The number of nitrogens with one attached hydrogen (secondary N) is 1. The Hall–Kier alpha value is -3.47. The maximum atomic E-state index is 13.4. The molecular formula is C20H14FN3O. The van der Waals surface area contributed by atoms with Crippen molar-refractivity contribution in [2.24, 2.45) is 0 Å². The van der Waals surface area contributed by atoms with E-state index in [4.69, 9.17) is 0 Å². The number of nitrogens with zero attached hydrogens (tertiary/aromatic N) is 2.